The monoisotopic (exact) mass is 288 g/mol. The van der Waals surface area contributed by atoms with Crippen molar-refractivity contribution >= 4 is 38.5 Å². The molecule has 3 rings (SSSR count). The van der Waals surface area contributed by atoms with E-state index in [0.717, 1.165) is 27.0 Å². The van der Waals surface area contributed by atoms with Gasteiger partial charge < -0.3 is 10.3 Å². The van der Waals surface area contributed by atoms with Crippen LogP contribution >= 0.6 is 15.9 Å². The van der Waals surface area contributed by atoms with E-state index >= 15 is 0 Å². The number of nitrogens with zero attached hydrogens (tertiary/aromatic N) is 2. The number of fused-ring (bicyclic) bond motifs is 1. The van der Waals surface area contributed by atoms with Gasteiger partial charge in [0.1, 0.15) is 17.8 Å². The van der Waals surface area contributed by atoms with E-state index in [4.69, 9.17) is 0 Å². The zero-order valence-electron chi connectivity index (χ0n) is 8.81. The van der Waals surface area contributed by atoms with Crippen molar-refractivity contribution in [1.82, 2.24) is 15.0 Å². The summed E-state index contributed by atoms with van der Waals surface area (Å²) in [6.07, 6.45) is 3.39. The SMILES string of the molecule is Brc1ccc(Nc2ncnc3[nH]ccc23)cc1. The van der Waals surface area contributed by atoms with Gasteiger partial charge in [-0.2, -0.15) is 0 Å². The van der Waals surface area contributed by atoms with Crippen LogP contribution in [-0.4, -0.2) is 15.0 Å². The predicted octanol–water partition coefficient (Wildman–Crippen LogP) is 3.46. The normalized spacial score (nSPS) is 10.6. The van der Waals surface area contributed by atoms with Crippen LogP contribution in [0.5, 0.6) is 0 Å². The van der Waals surface area contributed by atoms with Gasteiger partial charge in [-0.05, 0) is 30.3 Å². The Morgan fingerprint density at radius 3 is 2.71 bits per heavy atom. The summed E-state index contributed by atoms with van der Waals surface area (Å²) in [4.78, 5) is 11.4. The minimum Gasteiger partial charge on any atom is -0.346 e. The molecule has 0 aliphatic rings. The van der Waals surface area contributed by atoms with Gasteiger partial charge in [0, 0.05) is 16.4 Å². The zero-order valence-corrected chi connectivity index (χ0v) is 10.4. The highest BCUT2D eigenvalue weighted by atomic mass is 79.9. The van der Waals surface area contributed by atoms with Gasteiger partial charge in [0.05, 0.1) is 5.39 Å². The summed E-state index contributed by atoms with van der Waals surface area (Å²) in [5.74, 6) is 0.804. The largest absolute Gasteiger partial charge is 0.346 e. The van der Waals surface area contributed by atoms with Gasteiger partial charge >= 0.3 is 0 Å². The Kier molecular flexibility index (Phi) is 2.53. The fourth-order valence-electron chi connectivity index (χ4n) is 1.64. The summed E-state index contributed by atoms with van der Waals surface area (Å²) < 4.78 is 1.05. The molecule has 0 spiro atoms. The molecule has 0 aliphatic carbocycles. The number of halogens is 1. The van der Waals surface area contributed by atoms with Crippen LogP contribution in [0.2, 0.25) is 0 Å². The van der Waals surface area contributed by atoms with Crippen LogP contribution in [0.4, 0.5) is 11.5 Å². The molecule has 2 N–H and O–H groups in total. The molecular formula is C12H9BrN4. The Balaban J connectivity index is 1.99. The molecule has 0 fully saturated rings. The number of hydrogen-bond donors (Lipinski definition) is 2. The Morgan fingerprint density at radius 1 is 1.06 bits per heavy atom. The van der Waals surface area contributed by atoms with Crippen LogP contribution in [0, 0.1) is 0 Å². The predicted molar refractivity (Wildman–Crippen MR) is 71.3 cm³/mol. The molecule has 2 heterocycles. The number of H-pyrrole nitrogens is 1. The quantitative estimate of drug-likeness (QED) is 0.759. The second kappa shape index (κ2) is 4.18. The van der Waals surface area contributed by atoms with Crippen LogP contribution < -0.4 is 5.32 Å². The standard InChI is InChI=1S/C12H9BrN4/c13-8-1-3-9(4-2-8)17-12-10-5-6-14-11(10)15-7-16-12/h1-7H,(H2,14,15,16,17). The Bertz CT molecular complexity index is 645. The van der Waals surface area contributed by atoms with E-state index in [1.165, 1.54) is 0 Å². The van der Waals surface area contributed by atoms with Crippen LogP contribution in [0.25, 0.3) is 11.0 Å². The smallest absolute Gasteiger partial charge is 0.143 e. The number of anilines is 2. The first-order valence-corrected chi connectivity index (χ1v) is 5.93. The van der Waals surface area contributed by atoms with Crippen molar-refractivity contribution in [3.05, 3.63) is 47.3 Å². The van der Waals surface area contributed by atoms with Gasteiger partial charge in [0.25, 0.3) is 0 Å². The van der Waals surface area contributed by atoms with Gasteiger partial charge in [-0.15, -0.1) is 0 Å². The molecule has 0 aliphatic heterocycles. The molecule has 0 saturated heterocycles. The summed E-state index contributed by atoms with van der Waals surface area (Å²) in [7, 11) is 0. The van der Waals surface area contributed by atoms with Crippen molar-refractivity contribution in [2.24, 2.45) is 0 Å². The molecule has 0 saturated carbocycles. The molecule has 0 bridgehead atoms. The van der Waals surface area contributed by atoms with Crippen molar-refractivity contribution in [3.8, 4) is 0 Å². The molecule has 17 heavy (non-hydrogen) atoms. The summed E-state index contributed by atoms with van der Waals surface area (Å²) in [5, 5.41) is 4.25. The van der Waals surface area contributed by atoms with Gasteiger partial charge in [-0.25, -0.2) is 9.97 Å². The van der Waals surface area contributed by atoms with Crippen molar-refractivity contribution in [2.75, 3.05) is 5.32 Å². The minimum absolute atomic E-state index is 0.804. The molecule has 0 amide bonds. The fourth-order valence-corrected chi connectivity index (χ4v) is 1.91. The first-order valence-electron chi connectivity index (χ1n) is 5.13. The number of aromatic amines is 1. The van der Waals surface area contributed by atoms with E-state index in [1.807, 2.05) is 36.5 Å². The second-order valence-electron chi connectivity index (χ2n) is 3.59. The number of hydrogen-bond acceptors (Lipinski definition) is 3. The van der Waals surface area contributed by atoms with E-state index in [9.17, 15) is 0 Å². The molecule has 3 aromatic rings. The molecule has 1 aromatic carbocycles. The third kappa shape index (κ3) is 2.01. The summed E-state index contributed by atoms with van der Waals surface area (Å²) in [6.45, 7) is 0. The average molecular weight is 289 g/mol. The van der Waals surface area contributed by atoms with Gasteiger partial charge in [-0.3, -0.25) is 0 Å². The second-order valence-corrected chi connectivity index (χ2v) is 4.51. The summed E-state index contributed by atoms with van der Waals surface area (Å²) >= 11 is 3.41. The van der Waals surface area contributed by atoms with E-state index in [-0.39, 0.29) is 0 Å². The van der Waals surface area contributed by atoms with E-state index in [1.54, 1.807) is 6.33 Å². The van der Waals surface area contributed by atoms with Crippen molar-refractivity contribution in [2.45, 2.75) is 0 Å². The third-order valence-electron chi connectivity index (χ3n) is 2.46. The first-order chi connectivity index (χ1) is 8.33. The molecule has 4 nitrogen and oxygen atoms in total. The van der Waals surface area contributed by atoms with Gasteiger partial charge in [0.15, 0.2) is 0 Å². The zero-order chi connectivity index (χ0) is 11.7. The molecule has 2 aromatic heterocycles. The molecule has 0 unspecified atom stereocenters. The Hall–Kier alpha value is -1.88. The average Bonchev–Trinajstić information content (AvgIpc) is 2.81. The van der Waals surface area contributed by atoms with Crippen LogP contribution in [0.15, 0.2) is 47.3 Å². The van der Waals surface area contributed by atoms with E-state index < -0.39 is 0 Å². The lowest BCUT2D eigenvalue weighted by atomic mass is 10.3. The van der Waals surface area contributed by atoms with Gasteiger partial charge in [0.2, 0.25) is 0 Å². The van der Waals surface area contributed by atoms with E-state index in [2.05, 4.69) is 36.2 Å². The lowest BCUT2D eigenvalue weighted by Gasteiger charge is -2.06. The minimum atomic E-state index is 0.804. The topological polar surface area (TPSA) is 53.6 Å². The molecule has 0 atom stereocenters. The molecule has 0 radical (unpaired) electrons. The fraction of sp³-hybridized carbons (Fsp3) is 0. The van der Waals surface area contributed by atoms with Crippen LogP contribution in [0.3, 0.4) is 0 Å². The van der Waals surface area contributed by atoms with E-state index in [0.29, 0.717) is 0 Å². The maximum absolute atomic E-state index is 4.24. The third-order valence-corrected chi connectivity index (χ3v) is 2.99. The Labute approximate surface area is 106 Å². The lowest BCUT2D eigenvalue weighted by molar-refractivity contribution is 1.20. The van der Waals surface area contributed by atoms with Crippen molar-refractivity contribution in [1.29, 1.82) is 0 Å². The van der Waals surface area contributed by atoms with Crippen molar-refractivity contribution < 1.29 is 0 Å². The highest BCUT2D eigenvalue weighted by Crippen LogP contribution is 2.22. The first kappa shape index (κ1) is 10.3. The maximum Gasteiger partial charge on any atom is 0.143 e. The summed E-state index contributed by atoms with van der Waals surface area (Å²) in [6, 6.07) is 9.90. The van der Waals surface area contributed by atoms with Crippen molar-refractivity contribution in [3.63, 3.8) is 0 Å². The Morgan fingerprint density at radius 2 is 1.88 bits per heavy atom. The maximum atomic E-state index is 4.24. The molecule has 5 heteroatoms. The highest BCUT2D eigenvalue weighted by molar-refractivity contribution is 9.10. The number of rotatable bonds is 2. The molecule has 84 valence electrons. The highest BCUT2D eigenvalue weighted by Gasteiger charge is 2.04. The summed E-state index contributed by atoms with van der Waals surface area (Å²) in [5.41, 5.74) is 1.83. The number of benzene rings is 1. The van der Waals surface area contributed by atoms with Crippen LogP contribution in [-0.2, 0) is 0 Å². The molecular weight excluding hydrogens is 280 g/mol. The van der Waals surface area contributed by atoms with Gasteiger partial charge in [-0.1, -0.05) is 15.9 Å². The number of aromatic nitrogens is 3. The lowest BCUT2D eigenvalue weighted by Crippen LogP contribution is -1.94. The number of nitrogens with one attached hydrogen (secondary N) is 2. The van der Waals surface area contributed by atoms with Crippen LogP contribution in [0.1, 0.15) is 0 Å².